The molecule has 11 nitrogen and oxygen atoms in total. The van der Waals surface area contributed by atoms with Crippen LogP contribution >= 0.6 is 22.9 Å². The maximum absolute atomic E-state index is 13.4. The average molecular weight is 550 g/mol. The monoisotopic (exact) mass is 549 g/mol. The van der Waals surface area contributed by atoms with E-state index < -0.39 is 35.2 Å². The summed E-state index contributed by atoms with van der Waals surface area (Å²) in [4.78, 5) is 37.2. The van der Waals surface area contributed by atoms with Crippen molar-refractivity contribution in [3.05, 3.63) is 41.2 Å². The van der Waals surface area contributed by atoms with E-state index in [1.165, 1.54) is 22.4 Å². The summed E-state index contributed by atoms with van der Waals surface area (Å²) in [6, 6.07) is 2.83. The molecule has 14 heteroatoms. The number of nitrogen functional groups attached to an aromatic ring is 1. The molecule has 0 spiro atoms. The van der Waals surface area contributed by atoms with Crippen LogP contribution < -0.4 is 14.9 Å². The smallest absolute Gasteiger partial charge is 0.326 e. The van der Waals surface area contributed by atoms with Gasteiger partial charge in [0, 0.05) is 53.9 Å². The highest BCUT2D eigenvalue weighted by molar-refractivity contribution is 7.81. The standard InChI is InChI=1S/C22H23ClN6O5S2/c23-15-10-14-12(2-4-25-19(14)24)8-13(15)9-17(21(31)32)28-7-3-16(20(28)30)29(36(33)34)18-11-26-22(35-18)27-5-1-6-27/h2,4,8,10-11,16-17H,1,3,5-7,9H2,(H2,24,25)(H,31,32)(H,33,34)/p-1/t16-,17+/m0/s1. The molecule has 2 aromatic heterocycles. The van der Waals surface area contributed by atoms with Crippen LogP contribution in [0.5, 0.6) is 0 Å². The second-order valence-electron chi connectivity index (χ2n) is 8.62. The predicted molar refractivity (Wildman–Crippen MR) is 137 cm³/mol. The molecule has 4 heterocycles. The van der Waals surface area contributed by atoms with Crippen molar-refractivity contribution in [3.63, 3.8) is 0 Å². The number of likely N-dealkylation sites (tertiary alicyclic amines) is 1. The summed E-state index contributed by atoms with van der Waals surface area (Å²) in [7, 11) is 0. The zero-order chi connectivity index (χ0) is 25.6. The quantitative estimate of drug-likeness (QED) is 0.401. The Labute approximate surface area is 217 Å². The number of nitrogens with zero attached hydrogens (tertiary/aromatic N) is 5. The van der Waals surface area contributed by atoms with Gasteiger partial charge in [-0.2, -0.15) is 0 Å². The van der Waals surface area contributed by atoms with E-state index in [-0.39, 0.29) is 19.4 Å². The number of benzene rings is 1. The fourth-order valence-electron chi connectivity index (χ4n) is 4.52. The van der Waals surface area contributed by atoms with Crippen molar-refractivity contribution in [2.24, 2.45) is 0 Å². The number of aromatic nitrogens is 2. The summed E-state index contributed by atoms with van der Waals surface area (Å²) in [5.74, 6) is -1.47. The van der Waals surface area contributed by atoms with Crippen molar-refractivity contribution >= 4 is 72.8 Å². The summed E-state index contributed by atoms with van der Waals surface area (Å²) in [5, 5.41) is 12.7. The van der Waals surface area contributed by atoms with E-state index in [1.54, 1.807) is 24.4 Å². The Morgan fingerprint density at radius 1 is 1.36 bits per heavy atom. The van der Waals surface area contributed by atoms with E-state index in [1.807, 2.05) is 4.90 Å². The second-order valence-corrected chi connectivity index (χ2v) is 10.8. The topological polar surface area (TPSA) is 156 Å². The number of fused-ring (bicyclic) bond motifs is 1. The Morgan fingerprint density at radius 3 is 2.81 bits per heavy atom. The molecule has 2 aliphatic rings. The largest absolute Gasteiger partial charge is 0.755 e. The first-order valence-corrected chi connectivity index (χ1v) is 13.4. The van der Waals surface area contributed by atoms with Gasteiger partial charge in [0.1, 0.15) is 22.9 Å². The minimum Gasteiger partial charge on any atom is -0.755 e. The van der Waals surface area contributed by atoms with Crippen LogP contribution in [0.2, 0.25) is 5.02 Å². The summed E-state index contributed by atoms with van der Waals surface area (Å²) >= 11 is 4.88. The van der Waals surface area contributed by atoms with Crippen LogP contribution in [0.15, 0.2) is 30.6 Å². The molecule has 0 radical (unpaired) electrons. The molecule has 1 aromatic carbocycles. The van der Waals surface area contributed by atoms with Crippen molar-refractivity contribution < 1.29 is 23.5 Å². The van der Waals surface area contributed by atoms with E-state index in [9.17, 15) is 23.5 Å². The molecular weight excluding hydrogens is 528 g/mol. The molecule has 2 aliphatic heterocycles. The highest BCUT2D eigenvalue weighted by atomic mass is 35.5. The summed E-state index contributed by atoms with van der Waals surface area (Å²) in [6.45, 7) is 1.79. The number of rotatable bonds is 8. The second kappa shape index (κ2) is 9.81. The molecular formula is C22H22ClN6O5S2-. The van der Waals surface area contributed by atoms with Crippen LogP contribution in [-0.2, 0) is 27.3 Å². The lowest BCUT2D eigenvalue weighted by atomic mass is 10.0. The number of halogens is 1. The number of anilines is 3. The third-order valence-corrected chi connectivity index (χ3v) is 8.81. The lowest BCUT2D eigenvalue weighted by Crippen LogP contribution is -2.48. The molecule has 3 N–H and O–H groups in total. The molecule has 3 aromatic rings. The number of hydrogen-bond donors (Lipinski definition) is 2. The third kappa shape index (κ3) is 4.47. The number of carbonyl (C=O) groups is 2. The van der Waals surface area contributed by atoms with Gasteiger partial charge in [0.05, 0.1) is 6.20 Å². The fourth-order valence-corrected chi connectivity index (χ4v) is 6.58. The Balaban J connectivity index is 1.39. The van der Waals surface area contributed by atoms with Gasteiger partial charge in [0.15, 0.2) is 5.13 Å². The minimum atomic E-state index is -2.75. The van der Waals surface area contributed by atoms with Crippen LogP contribution in [-0.4, -0.2) is 72.3 Å². The molecule has 36 heavy (non-hydrogen) atoms. The van der Waals surface area contributed by atoms with Gasteiger partial charge < -0.3 is 25.2 Å². The normalized spacial score (nSPS) is 19.4. The number of aliphatic carboxylic acids is 1. The van der Waals surface area contributed by atoms with Gasteiger partial charge >= 0.3 is 5.97 Å². The molecule has 5 rings (SSSR count). The van der Waals surface area contributed by atoms with Gasteiger partial charge in [-0.05, 0) is 42.0 Å². The number of amides is 1. The average Bonchev–Trinajstić information content (AvgIpc) is 3.39. The highest BCUT2D eigenvalue weighted by Crippen LogP contribution is 2.36. The third-order valence-electron chi connectivity index (χ3n) is 6.52. The number of hydrogen-bond acceptors (Lipinski definition) is 9. The van der Waals surface area contributed by atoms with E-state index in [2.05, 4.69) is 9.97 Å². The molecule has 2 fully saturated rings. The van der Waals surface area contributed by atoms with E-state index in [0.717, 1.165) is 29.2 Å². The Bertz CT molecular complexity index is 1370. The highest BCUT2D eigenvalue weighted by Gasteiger charge is 2.43. The Kier molecular flexibility index (Phi) is 6.72. The molecule has 0 saturated carbocycles. The Hall–Kier alpha value is -3.00. The van der Waals surface area contributed by atoms with E-state index >= 15 is 0 Å². The van der Waals surface area contributed by atoms with Gasteiger partial charge in [0.2, 0.25) is 5.91 Å². The number of pyridine rings is 1. The first-order chi connectivity index (χ1) is 17.2. The molecule has 1 amide bonds. The van der Waals surface area contributed by atoms with Gasteiger partial charge in [-0.1, -0.05) is 22.9 Å². The van der Waals surface area contributed by atoms with E-state index in [0.29, 0.717) is 31.9 Å². The maximum atomic E-state index is 13.4. The lowest BCUT2D eigenvalue weighted by Gasteiger charge is -2.31. The molecule has 1 unspecified atom stereocenters. The molecule has 0 bridgehead atoms. The SMILES string of the molecule is Nc1nccc2cc(C[C@H](C(=O)O)N3CC[C@H](N(c4cnc(N5CCC5)s4)S(=O)[O-])C3=O)c(Cl)cc12. The van der Waals surface area contributed by atoms with Crippen molar-refractivity contribution in [2.45, 2.75) is 31.3 Å². The van der Waals surface area contributed by atoms with Crippen LogP contribution in [0.25, 0.3) is 10.8 Å². The number of nitrogens with two attached hydrogens (primary N) is 1. The van der Waals surface area contributed by atoms with Crippen LogP contribution in [0.3, 0.4) is 0 Å². The number of carbonyl (C=O) groups excluding carboxylic acids is 1. The predicted octanol–water partition coefficient (Wildman–Crippen LogP) is 2.03. The van der Waals surface area contributed by atoms with Gasteiger partial charge in [-0.3, -0.25) is 13.3 Å². The van der Waals surface area contributed by atoms with E-state index in [4.69, 9.17) is 17.3 Å². The number of carboxylic acids is 1. The van der Waals surface area contributed by atoms with Crippen molar-refractivity contribution in [2.75, 3.05) is 34.6 Å². The summed E-state index contributed by atoms with van der Waals surface area (Å²) in [6.07, 6.45) is 4.13. The first kappa shape index (κ1) is 24.7. The zero-order valence-electron chi connectivity index (χ0n) is 18.9. The van der Waals surface area contributed by atoms with Gasteiger partial charge in [0.25, 0.3) is 0 Å². The fraction of sp³-hybridized carbons (Fsp3) is 0.364. The molecule has 3 atom stereocenters. The van der Waals surface area contributed by atoms with Crippen LogP contribution in [0.1, 0.15) is 18.4 Å². The molecule has 2 saturated heterocycles. The molecule has 0 aliphatic carbocycles. The van der Waals surface area contributed by atoms with Crippen molar-refractivity contribution in [1.82, 2.24) is 14.9 Å². The van der Waals surface area contributed by atoms with Gasteiger partial charge in [-0.25, -0.2) is 14.8 Å². The summed E-state index contributed by atoms with van der Waals surface area (Å²) < 4.78 is 25.3. The van der Waals surface area contributed by atoms with Crippen LogP contribution in [0, 0.1) is 0 Å². The number of carboxylic acid groups (broad SMARTS) is 1. The first-order valence-electron chi connectivity index (χ1n) is 11.2. The molecule has 190 valence electrons. The van der Waals surface area contributed by atoms with Crippen molar-refractivity contribution in [1.29, 1.82) is 0 Å². The van der Waals surface area contributed by atoms with Crippen LogP contribution in [0.4, 0.5) is 16.0 Å². The van der Waals surface area contributed by atoms with Crippen molar-refractivity contribution in [3.8, 4) is 0 Å². The summed E-state index contributed by atoms with van der Waals surface area (Å²) in [5.41, 5.74) is 6.44. The number of thiazole rings is 1. The minimum absolute atomic E-state index is 0.0507. The maximum Gasteiger partial charge on any atom is 0.326 e. The van der Waals surface area contributed by atoms with Gasteiger partial charge in [-0.15, -0.1) is 0 Å². The Morgan fingerprint density at radius 2 is 2.14 bits per heavy atom. The lowest BCUT2D eigenvalue weighted by molar-refractivity contribution is -0.148. The zero-order valence-corrected chi connectivity index (χ0v) is 21.3.